The summed E-state index contributed by atoms with van der Waals surface area (Å²) in [5.74, 6) is 2.03. The van der Waals surface area contributed by atoms with Gasteiger partial charge in [-0.2, -0.15) is 5.10 Å². The summed E-state index contributed by atoms with van der Waals surface area (Å²) in [7, 11) is 1.63. The Hall–Kier alpha value is -4.11. The number of hydrazone groups is 1. The molecule has 0 unspecified atom stereocenters. The average Bonchev–Trinajstić information content (AvgIpc) is 3.57. The van der Waals surface area contributed by atoms with E-state index < -0.39 is 0 Å². The van der Waals surface area contributed by atoms with Crippen molar-refractivity contribution in [3.05, 3.63) is 83.8 Å². The second-order valence-electron chi connectivity index (χ2n) is 9.65. The van der Waals surface area contributed by atoms with Crippen molar-refractivity contribution < 1.29 is 13.9 Å². The number of amides is 1. The highest BCUT2D eigenvalue weighted by atomic mass is 32.2. The molecule has 0 radical (unpaired) electrons. The van der Waals surface area contributed by atoms with Crippen molar-refractivity contribution in [3.63, 3.8) is 0 Å². The summed E-state index contributed by atoms with van der Waals surface area (Å²) < 4.78 is 12.5. The van der Waals surface area contributed by atoms with Gasteiger partial charge in [-0.1, -0.05) is 56.8 Å². The largest absolute Gasteiger partial charge is 0.497 e. The second-order valence-corrected chi connectivity index (χ2v) is 10.6. The molecule has 0 atom stereocenters. The highest BCUT2D eigenvalue weighted by molar-refractivity contribution is 7.99. The van der Waals surface area contributed by atoms with Crippen molar-refractivity contribution in [3.8, 4) is 22.8 Å². The molecule has 8 nitrogen and oxygen atoms in total. The van der Waals surface area contributed by atoms with Crippen LogP contribution < -0.4 is 10.2 Å². The minimum absolute atomic E-state index is 0.0478. The standard InChI is InChI=1S/C29H31N5O3S/c1-20(17-25-7-6-16-37-25)18-30-31-26(35)19-38-28-33-32-27(21-8-10-22(11-9-21)29(2,3)4)34(28)23-12-14-24(36-5)15-13-23/h6-18H,19H2,1-5H3,(H,31,35). The summed E-state index contributed by atoms with van der Waals surface area (Å²) in [6, 6.07) is 19.6. The fourth-order valence-corrected chi connectivity index (χ4v) is 4.38. The normalized spacial score (nSPS) is 12.2. The van der Waals surface area contributed by atoms with E-state index in [-0.39, 0.29) is 17.1 Å². The van der Waals surface area contributed by atoms with Gasteiger partial charge in [-0.3, -0.25) is 9.36 Å². The van der Waals surface area contributed by atoms with Gasteiger partial charge in [0.05, 0.1) is 25.3 Å². The number of hydrogen-bond donors (Lipinski definition) is 1. The number of carbonyl (C=O) groups excluding carboxylic acids is 1. The molecular formula is C29H31N5O3S. The number of methoxy groups -OCH3 is 1. The van der Waals surface area contributed by atoms with Crippen LogP contribution in [0.25, 0.3) is 23.2 Å². The van der Waals surface area contributed by atoms with Crippen LogP contribution >= 0.6 is 11.8 Å². The molecule has 0 spiro atoms. The number of furan rings is 1. The number of ether oxygens (including phenoxy) is 1. The van der Waals surface area contributed by atoms with Crippen LogP contribution in [0.3, 0.4) is 0 Å². The van der Waals surface area contributed by atoms with Gasteiger partial charge in [0.15, 0.2) is 11.0 Å². The molecule has 196 valence electrons. The minimum Gasteiger partial charge on any atom is -0.497 e. The van der Waals surface area contributed by atoms with Gasteiger partial charge < -0.3 is 9.15 Å². The van der Waals surface area contributed by atoms with E-state index in [1.54, 1.807) is 19.6 Å². The Balaban J connectivity index is 1.52. The first-order valence-corrected chi connectivity index (χ1v) is 13.1. The molecule has 38 heavy (non-hydrogen) atoms. The number of carbonyl (C=O) groups is 1. The number of thioether (sulfide) groups is 1. The maximum atomic E-state index is 12.5. The first kappa shape index (κ1) is 26.9. The number of rotatable bonds is 9. The topological polar surface area (TPSA) is 94.5 Å². The summed E-state index contributed by atoms with van der Waals surface area (Å²) in [6.45, 7) is 8.42. The SMILES string of the molecule is COc1ccc(-n2c(SCC(=O)NN=CC(C)=Cc3ccco3)nnc2-c2ccc(C(C)(C)C)cc2)cc1. The molecule has 9 heteroatoms. The molecule has 1 N–H and O–H groups in total. The van der Waals surface area contributed by atoms with Crippen LogP contribution in [0.4, 0.5) is 0 Å². The Morgan fingerprint density at radius 3 is 2.47 bits per heavy atom. The van der Waals surface area contributed by atoms with Gasteiger partial charge in [-0.15, -0.1) is 10.2 Å². The third-order valence-corrected chi connectivity index (χ3v) is 6.60. The van der Waals surface area contributed by atoms with E-state index in [2.05, 4.69) is 65.8 Å². The van der Waals surface area contributed by atoms with Crippen LogP contribution in [0.5, 0.6) is 5.75 Å². The monoisotopic (exact) mass is 529 g/mol. The van der Waals surface area contributed by atoms with E-state index in [1.165, 1.54) is 17.3 Å². The molecule has 0 fully saturated rings. The highest BCUT2D eigenvalue weighted by Gasteiger charge is 2.19. The highest BCUT2D eigenvalue weighted by Crippen LogP contribution is 2.30. The first-order chi connectivity index (χ1) is 18.2. The molecule has 2 aromatic heterocycles. The zero-order chi connectivity index (χ0) is 27.1. The van der Waals surface area contributed by atoms with E-state index in [0.29, 0.717) is 11.0 Å². The lowest BCUT2D eigenvalue weighted by Gasteiger charge is -2.19. The smallest absolute Gasteiger partial charge is 0.250 e. The Morgan fingerprint density at radius 2 is 1.84 bits per heavy atom. The van der Waals surface area contributed by atoms with Crippen molar-refractivity contribution in [2.75, 3.05) is 12.9 Å². The van der Waals surface area contributed by atoms with Crippen LogP contribution in [0.1, 0.15) is 39.0 Å². The number of benzene rings is 2. The van der Waals surface area contributed by atoms with E-state index in [0.717, 1.165) is 28.3 Å². The van der Waals surface area contributed by atoms with Crippen molar-refractivity contribution in [2.45, 2.75) is 38.3 Å². The van der Waals surface area contributed by atoms with E-state index in [4.69, 9.17) is 9.15 Å². The van der Waals surface area contributed by atoms with Gasteiger partial charge in [0.1, 0.15) is 11.5 Å². The van der Waals surface area contributed by atoms with Gasteiger partial charge in [0.2, 0.25) is 0 Å². The second kappa shape index (κ2) is 12.0. The molecule has 2 aromatic carbocycles. The van der Waals surface area contributed by atoms with Crippen molar-refractivity contribution in [2.24, 2.45) is 5.10 Å². The van der Waals surface area contributed by atoms with E-state index in [9.17, 15) is 4.79 Å². The maximum absolute atomic E-state index is 12.5. The van der Waals surface area contributed by atoms with Gasteiger partial charge in [0, 0.05) is 11.3 Å². The predicted octanol–water partition coefficient (Wildman–Crippen LogP) is 6.13. The molecule has 4 aromatic rings. The molecule has 0 saturated heterocycles. The molecule has 0 aliphatic rings. The van der Waals surface area contributed by atoms with Crippen molar-refractivity contribution in [1.29, 1.82) is 0 Å². The van der Waals surface area contributed by atoms with Gasteiger partial charge in [-0.05, 0) is 65.9 Å². The number of allylic oxidation sites excluding steroid dienone is 1. The molecular weight excluding hydrogens is 498 g/mol. The van der Waals surface area contributed by atoms with Crippen LogP contribution in [0, 0.1) is 0 Å². The zero-order valence-electron chi connectivity index (χ0n) is 22.1. The molecule has 0 saturated carbocycles. The lowest BCUT2D eigenvalue weighted by atomic mass is 9.87. The quantitative estimate of drug-likeness (QED) is 0.159. The molecule has 0 aliphatic carbocycles. The number of aromatic nitrogens is 3. The van der Waals surface area contributed by atoms with Gasteiger partial charge in [0.25, 0.3) is 5.91 Å². The zero-order valence-corrected chi connectivity index (χ0v) is 23.0. The lowest BCUT2D eigenvalue weighted by Crippen LogP contribution is -2.20. The predicted molar refractivity (Wildman–Crippen MR) is 152 cm³/mol. The Bertz CT molecular complexity index is 1410. The summed E-state index contributed by atoms with van der Waals surface area (Å²) in [4.78, 5) is 12.5. The molecule has 0 aliphatic heterocycles. The Labute approximate surface area is 226 Å². The molecule has 2 heterocycles. The molecule has 0 bridgehead atoms. The van der Waals surface area contributed by atoms with Crippen LogP contribution in [-0.4, -0.2) is 39.7 Å². The number of nitrogens with one attached hydrogen (secondary N) is 1. The van der Waals surface area contributed by atoms with Crippen molar-refractivity contribution in [1.82, 2.24) is 20.2 Å². The van der Waals surface area contributed by atoms with E-state index >= 15 is 0 Å². The minimum atomic E-state index is -0.252. The fourth-order valence-electron chi connectivity index (χ4n) is 3.64. The first-order valence-electron chi connectivity index (χ1n) is 12.1. The van der Waals surface area contributed by atoms with E-state index in [1.807, 2.05) is 54.0 Å². The fraction of sp³-hybridized carbons (Fsp3) is 0.241. The Morgan fingerprint density at radius 1 is 1.11 bits per heavy atom. The van der Waals surface area contributed by atoms with Crippen molar-refractivity contribution >= 4 is 30.0 Å². The summed E-state index contributed by atoms with van der Waals surface area (Å²) >= 11 is 1.29. The van der Waals surface area contributed by atoms with Crippen LogP contribution in [-0.2, 0) is 10.2 Å². The van der Waals surface area contributed by atoms with Gasteiger partial charge >= 0.3 is 0 Å². The third kappa shape index (κ3) is 6.80. The number of nitrogens with zero attached hydrogens (tertiary/aromatic N) is 4. The summed E-state index contributed by atoms with van der Waals surface area (Å²) in [6.07, 6.45) is 5.01. The molecule has 4 rings (SSSR count). The van der Waals surface area contributed by atoms with Gasteiger partial charge in [-0.25, -0.2) is 5.43 Å². The summed E-state index contributed by atoms with van der Waals surface area (Å²) in [5, 5.41) is 13.5. The average molecular weight is 530 g/mol. The maximum Gasteiger partial charge on any atom is 0.250 e. The Kier molecular flexibility index (Phi) is 8.48. The van der Waals surface area contributed by atoms with Crippen LogP contribution in [0.15, 0.2) is 87.2 Å². The summed E-state index contributed by atoms with van der Waals surface area (Å²) in [5.41, 5.74) is 6.48. The molecule has 1 amide bonds. The van der Waals surface area contributed by atoms with Crippen LogP contribution in [0.2, 0.25) is 0 Å². The lowest BCUT2D eigenvalue weighted by molar-refractivity contribution is -0.118. The third-order valence-electron chi connectivity index (χ3n) is 5.68. The number of hydrogen-bond acceptors (Lipinski definition) is 7.